The van der Waals surface area contributed by atoms with Gasteiger partial charge in [0.25, 0.3) is 0 Å². The van der Waals surface area contributed by atoms with E-state index in [2.05, 4.69) is 45.5 Å². The van der Waals surface area contributed by atoms with Gasteiger partial charge in [-0.2, -0.15) is 4.68 Å². The molecule has 3 aromatic carbocycles. The largest absolute Gasteiger partial charge is 0.478 e. The number of aromatic carboxylic acids is 1. The second-order valence-electron chi connectivity index (χ2n) is 11.9. The molecule has 2 aliphatic heterocycles. The van der Waals surface area contributed by atoms with Crippen molar-refractivity contribution >= 4 is 41.0 Å². The number of hydrogen-bond acceptors (Lipinski definition) is 8. The van der Waals surface area contributed by atoms with E-state index in [0.29, 0.717) is 18.0 Å². The number of ketones is 1. The summed E-state index contributed by atoms with van der Waals surface area (Å²) in [5.74, 6) is -2.49. The van der Waals surface area contributed by atoms with Crippen LogP contribution in [0.25, 0.3) is 11.8 Å². The van der Waals surface area contributed by atoms with E-state index in [1.54, 1.807) is 18.2 Å². The standard InChI is InChI=1S/C34H33ClFN7O4/c1-40(2)23-14-16-41(19-23)28-5-3-4-25-24(28)15-17-42(33(25)30(44)18-21-6-8-22(9-7-21)34(46)47)31(45)13-10-26-29(43-20-37-38-39-43)12-11-27(35)32(26)36/h3-13,20,23,33H,14-19H2,1-2H3,(H,46,47)/b13-10+/t23-,33+/m0/s1. The average molecular weight is 658 g/mol. The molecule has 11 nitrogen and oxygen atoms in total. The van der Waals surface area contributed by atoms with E-state index in [-0.39, 0.29) is 40.6 Å². The molecule has 13 heteroatoms. The lowest BCUT2D eigenvalue weighted by atomic mass is 9.86. The lowest BCUT2D eigenvalue weighted by Crippen LogP contribution is -2.44. The summed E-state index contributed by atoms with van der Waals surface area (Å²) in [6, 6.07) is 14.5. The maximum atomic E-state index is 15.3. The van der Waals surface area contributed by atoms with Crippen molar-refractivity contribution in [3.63, 3.8) is 0 Å². The van der Waals surface area contributed by atoms with Crippen molar-refractivity contribution in [1.82, 2.24) is 30.0 Å². The summed E-state index contributed by atoms with van der Waals surface area (Å²) in [4.78, 5) is 45.5. The third-order valence-corrected chi connectivity index (χ3v) is 9.19. The van der Waals surface area contributed by atoms with Crippen molar-refractivity contribution in [2.75, 3.05) is 38.6 Å². The van der Waals surface area contributed by atoms with Crippen LogP contribution in [0.2, 0.25) is 5.02 Å². The van der Waals surface area contributed by atoms with Gasteiger partial charge in [-0.15, -0.1) is 5.10 Å². The highest BCUT2D eigenvalue weighted by Gasteiger charge is 2.37. The second-order valence-corrected chi connectivity index (χ2v) is 12.3. The molecule has 3 heterocycles. The molecule has 1 saturated heterocycles. The Kier molecular flexibility index (Phi) is 9.15. The smallest absolute Gasteiger partial charge is 0.335 e. The van der Waals surface area contributed by atoms with E-state index < -0.39 is 23.7 Å². The Hall–Kier alpha value is -4.94. The summed E-state index contributed by atoms with van der Waals surface area (Å²) < 4.78 is 16.5. The Labute approximate surface area is 275 Å². The van der Waals surface area contributed by atoms with E-state index in [0.717, 1.165) is 36.3 Å². The number of carbonyl (C=O) groups excluding carboxylic acids is 2. The highest BCUT2D eigenvalue weighted by atomic mass is 35.5. The van der Waals surface area contributed by atoms with Crippen LogP contribution >= 0.6 is 11.6 Å². The molecule has 2 aliphatic rings. The number of Topliss-reactive ketones (excluding diaryl/α,β-unsaturated/α-hetero) is 1. The maximum absolute atomic E-state index is 15.3. The lowest BCUT2D eigenvalue weighted by Gasteiger charge is -2.38. The summed E-state index contributed by atoms with van der Waals surface area (Å²) in [5, 5.41) is 20.2. The number of carbonyl (C=O) groups is 3. The van der Waals surface area contributed by atoms with Gasteiger partial charge in [0.05, 0.1) is 16.3 Å². The molecule has 1 aromatic heterocycles. The van der Waals surface area contributed by atoms with Gasteiger partial charge < -0.3 is 19.8 Å². The maximum Gasteiger partial charge on any atom is 0.335 e. The van der Waals surface area contributed by atoms with Gasteiger partial charge in [0.2, 0.25) is 5.91 Å². The number of aromatic nitrogens is 4. The highest BCUT2D eigenvalue weighted by molar-refractivity contribution is 6.31. The number of likely N-dealkylation sites (N-methyl/N-ethyl adjacent to an activating group) is 1. The monoisotopic (exact) mass is 657 g/mol. The fraction of sp³-hybridized carbons (Fsp3) is 0.294. The number of benzene rings is 3. The molecule has 0 spiro atoms. The summed E-state index contributed by atoms with van der Waals surface area (Å²) >= 11 is 6.08. The number of anilines is 1. The van der Waals surface area contributed by atoms with Crippen LogP contribution in [-0.2, 0) is 22.4 Å². The predicted octanol–water partition coefficient (Wildman–Crippen LogP) is 4.24. The first-order valence-corrected chi connectivity index (χ1v) is 15.6. The first-order valence-electron chi connectivity index (χ1n) is 15.2. The van der Waals surface area contributed by atoms with Crippen LogP contribution in [0.1, 0.15) is 45.1 Å². The van der Waals surface area contributed by atoms with E-state index in [1.165, 1.54) is 46.3 Å². The van der Waals surface area contributed by atoms with Crippen molar-refractivity contribution in [3.8, 4) is 5.69 Å². The average Bonchev–Trinajstić information content (AvgIpc) is 3.78. The molecule has 1 fully saturated rings. The third kappa shape index (κ3) is 6.51. The molecule has 0 radical (unpaired) electrons. The summed E-state index contributed by atoms with van der Waals surface area (Å²) in [7, 11) is 4.15. The minimum absolute atomic E-state index is 0.0134. The van der Waals surface area contributed by atoms with Crippen molar-refractivity contribution in [2.45, 2.75) is 31.3 Å². The fourth-order valence-electron chi connectivity index (χ4n) is 6.41. The first kappa shape index (κ1) is 32.0. The molecule has 0 saturated carbocycles. The van der Waals surface area contributed by atoms with Crippen LogP contribution < -0.4 is 4.90 Å². The fourth-order valence-corrected chi connectivity index (χ4v) is 6.58. The number of hydrogen-bond donors (Lipinski definition) is 1. The molecule has 1 N–H and O–H groups in total. The van der Waals surface area contributed by atoms with Gasteiger partial charge >= 0.3 is 5.97 Å². The molecule has 47 heavy (non-hydrogen) atoms. The van der Waals surface area contributed by atoms with Gasteiger partial charge in [0.15, 0.2) is 11.6 Å². The van der Waals surface area contributed by atoms with Crippen molar-refractivity contribution in [2.24, 2.45) is 0 Å². The van der Waals surface area contributed by atoms with Crippen LogP contribution in [0, 0.1) is 5.82 Å². The highest BCUT2D eigenvalue weighted by Crippen LogP contribution is 2.38. The minimum atomic E-state index is -1.06. The molecule has 6 rings (SSSR count). The summed E-state index contributed by atoms with van der Waals surface area (Å²) in [6.07, 6.45) is 5.41. The number of carboxylic acids is 1. The van der Waals surface area contributed by atoms with Crippen molar-refractivity contribution < 1.29 is 23.9 Å². The quantitative estimate of drug-likeness (QED) is 0.263. The minimum Gasteiger partial charge on any atom is -0.478 e. The summed E-state index contributed by atoms with van der Waals surface area (Å²) in [6.45, 7) is 2.01. The Morgan fingerprint density at radius 2 is 1.85 bits per heavy atom. The Balaban J connectivity index is 1.35. The zero-order valence-corrected chi connectivity index (χ0v) is 26.6. The Bertz CT molecular complexity index is 1850. The number of rotatable bonds is 9. The summed E-state index contributed by atoms with van der Waals surface area (Å²) in [5.41, 5.74) is 3.89. The lowest BCUT2D eigenvalue weighted by molar-refractivity contribution is -0.136. The van der Waals surface area contributed by atoms with Gasteiger partial charge in [0, 0.05) is 49.4 Å². The molecular weight excluding hydrogens is 625 g/mol. The molecule has 0 aliphatic carbocycles. The number of fused-ring (bicyclic) bond motifs is 1. The van der Waals surface area contributed by atoms with Gasteiger partial charge in [-0.3, -0.25) is 9.59 Å². The molecule has 242 valence electrons. The molecule has 0 unspecified atom stereocenters. The van der Waals surface area contributed by atoms with Gasteiger partial charge in [-0.05, 0) is 90.5 Å². The molecule has 4 aromatic rings. The van der Waals surface area contributed by atoms with Gasteiger partial charge in [-0.25, -0.2) is 9.18 Å². The predicted molar refractivity (Wildman–Crippen MR) is 174 cm³/mol. The number of tetrazole rings is 1. The number of nitrogens with zero attached hydrogens (tertiary/aromatic N) is 7. The topological polar surface area (TPSA) is 125 Å². The number of halogens is 2. The number of carboxylic acid groups (broad SMARTS) is 1. The van der Waals surface area contributed by atoms with E-state index >= 15 is 4.39 Å². The molecule has 1 amide bonds. The Morgan fingerprint density at radius 3 is 2.53 bits per heavy atom. The third-order valence-electron chi connectivity index (χ3n) is 8.90. The van der Waals surface area contributed by atoms with Gasteiger partial charge in [0.1, 0.15) is 12.4 Å². The Morgan fingerprint density at radius 1 is 1.06 bits per heavy atom. The van der Waals surface area contributed by atoms with Crippen molar-refractivity contribution in [1.29, 1.82) is 0 Å². The van der Waals surface area contributed by atoms with Crippen LogP contribution in [0.5, 0.6) is 0 Å². The van der Waals surface area contributed by atoms with Crippen LogP contribution in [0.3, 0.4) is 0 Å². The normalized spacial score (nSPS) is 17.8. The number of amides is 1. The van der Waals surface area contributed by atoms with E-state index in [9.17, 15) is 19.5 Å². The molecule has 0 bridgehead atoms. The van der Waals surface area contributed by atoms with Crippen LogP contribution in [0.4, 0.5) is 10.1 Å². The van der Waals surface area contributed by atoms with Crippen molar-refractivity contribution in [3.05, 3.63) is 106 Å². The van der Waals surface area contributed by atoms with Crippen LogP contribution in [0.15, 0.2) is 67.0 Å². The SMILES string of the molecule is CN(C)[C@H]1CCN(c2cccc3c2CCN(C(=O)/C=C/c2c(-n4cnnn4)ccc(Cl)c2F)[C@H]3C(=O)Cc2ccc(C(=O)O)cc2)C1. The van der Waals surface area contributed by atoms with E-state index in [1.807, 2.05) is 12.1 Å². The molecule has 2 atom stereocenters. The zero-order valence-electron chi connectivity index (χ0n) is 25.9. The molecular formula is C34H33ClFN7O4. The van der Waals surface area contributed by atoms with Crippen LogP contribution in [-0.4, -0.2) is 92.5 Å². The first-order chi connectivity index (χ1) is 22.6. The van der Waals surface area contributed by atoms with Gasteiger partial charge in [-0.1, -0.05) is 35.9 Å². The zero-order chi connectivity index (χ0) is 33.2. The second kappa shape index (κ2) is 13.4. The van der Waals surface area contributed by atoms with E-state index in [4.69, 9.17) is 11.6 Å².